The average Bonchev–Trinajstić information content (AvgIpc) is 1.63. The van der Waals surface area contributed by atoms with Crippen molar-refractivity contribution in [1.82, 2.24) is 14.9 Å². The first-order valence-electron chi connectivity index (χ1n) is 36.1. The van der Waals surface area contributed by atoms with Crippen molar-refractivity contribution in [3.63, 3.8) is 0 Å². The molecule has 0 radical (unpaired) electrons. The number of nitriles is 1. The minimum absolute atomic E-state index is 0.00222. The second-order valence-corrected chi connectivity index (χ2v) is 25.7. The Morgan fingerprint density at radius 3 is 1.42 bits per heavy atom. The number of imide groups is 1. The van der Waals surface area contributed by atoms with E-state index in [1.165, 1.54) is 47.8 Å². The molecule has 1 aromatic heterocycles. The lowest BCUT2D eigenvalue weighted by molar-refractivity contribution is -0.384. The third kappa shape index (κ3) is 37.2. The number of aliphatic hydroxyl groups is 2. The van der Waals surface area contributed by atoms with Crippen molar-refractivity contribution >= 4 is 52.6 Å². The first-order valence-corrected chi connectivity index (χ1v) is 36.4. The zero-order valence-electron chi connectivity index (χ0n) is 64.5. The predicted octanol–water partition coefficient (Wildman–Crippen LogP) is 19.1. The lowest BCUT2D eigenvalue weighted by atomic mass is 9.95. The van der Waals surface area contributed by atoms with Crippen LogP contribution in [0.2, 0.25) is 5.15 Å². The zero-order chi connectivity index (χ0) is 75.8. The number of ether oxygens (including phenoxy) is 1. The Hall–Kier alpha value is -5.91. The smallest absolute Gasteiger partial charge is 0.338 e. The first kappa shape index (κ1) is 97.5. The van der Waals surface area contributed by atoms with Crippen molar-refractivity contribution < 1.29 is 53.1 Å². The number of aromatic nitrogens is 1. The summed E-state index contributed by atoms with van der Waals surface area (Å²) in [7, 11) is 3.11. The highest BCUT2D eigenvalue weighted by atomic mass is 35.5. The Morgan fingerprint density at radius 1 is 0.660 bits per heavy atom. The highest BCUT2D eigenvalue weighted by Crippen LogP contribution is 2.30. The van der Waals surface area contributed by atoms with E-state index in [4.69, 9.17) is 42.4 Å². The number of benzene rings is 2. The van der Waals surface area contributed by atoms with Crippen LogP contribution < -0.4 is 11.1 Å². The van der Waals surface area contributed by atoms with E-state index in [1.54, 1.807) is 37.4 Å². The van der Waals surface area contributed by atoms with Crippen molar-refractivity contribution in [3.05, 3.63) is 97.9 Å². The normalized spacial score (nSPS) is 15.4. The number of carbonyl (C=O) groups excluding carboxylic acids is 5. The standard InChI is InChI=1S/C15H19NO2.C14H19NO4.C13H17ClFN3.C7H15NO2.C7H17N.2C7H16O.C7H14O/c1-4-10(3)13(5-2)16-14(17)11-8-6-7-9-12(11)15(16)18;1-4-10(3)13(5-2)19-14(16)11-6-8-12(9-7-11)15(17)18;1-4-8(3)11(5-2)17-13-10(15)6-9(7-16)12(14)18-13;1-5-6(2)7(9)8(3)10-4;4*1-4-6(3)7(8)5-2/h6-10,13H,4-5H2,1-3H3;6-10,13H,4-5H2,1-3H3;6,8,11H,4-5H2,1-3H3,(H,17,18);6H,5H2,1-4H3;6-7H,4-5,8H2,1-3H3;2*6-8H,4-5H2,1-3H3;6H,4-5H2,1-3H3/t10-,13+;10-,13?;8-,11+;6-;6-,7+;2*6-,7?;6-/m00000000/s1. The number of pyridine rings is 1. The predicted molar refractivity (Wildman–Crippen MR) is 397 cm³/mol. The van der Waals surface area contributed by atoms with E-state index in [2.05, 4.69) is 86.5 Å². The number of hydroxylamine groups is 2. The van der Waals surface area contributed by atoms with Crippen LogP contribution in [0.25, 0.3) is 0 Å². The van der Waals surface area contributed by atoms with Crippen LogP contribution in [0.5, 0.6) is 0 Å². The molecule has 3 amide bonds. The van der Waals surface area contributed by atoms with Crippen LogP contribution in [-0.2, 0) is 19.2 Å². The summed E-state index contributed by atoms with van der Waals surface area (Å²) in [5.41, 5.74) is 7.17. The van der Waals surface area contributed by atoms with E-state index < -0.39 is 16.7 Å². The Labute approximate surface area is 591 Å². The average molecular weight is 1390 g/mol. The van der Waals surface area contributed by atoms with Crippen LogP contribution in [0, 0.1) is 74.6 Å². The van der Waals surface area contributed by atoms with Gasteiger partial charge in [-0.2, -0.15) is 5.26 Å². The molecule has 3 aromatic rings. The summed E-state index contributed by atoms with van der Waals surface area (Å²) in [5.74, 6) is 2.30. The van der Waals surface area contributed by atoms with Crippen molar-refractivity contribution in [2.45, 2.75) is 292 Å². The molecule has 0 spiro atoms. The van der Waals surface area contributed by atoms with Gasteiger partial charge in [0, 0.05) is 55.6 Å². The summed E-state index contributed by atoms with van der Waals surface area (Å²) in [6.45, 7) is 47.2. The number of nitro benzene ring substituents is 1. The number of amides is 3. The lowest BCUT2D eigenvalue weighted by Crippen LogP contribution is -2.43. The number of nitrogens with two attached hydrogens (primary N) is 1. The molecule has 0 saturated heterocycles. The number of fused-ring (bicyclic) bond motifs is 1. The molecule has 0 aliphatic carbocycles. The second kappa shape index (κ2) is 55.9. The van der Waals surface area contributed by atoms with Gasteiger partial charge in [-0.25, -0.2) is 19.2 Å². The number of nitrogens with one attached hydrogen (secondary N) is 1. The number of carbonyl (C=O) groups is 5. The number of hydrogen-bond donors (Lipinski definition) is 4. The molecule has 4 rings (SSSR count). The molecule has 556 valence electrons. The Morgan fingerprint density at radius 2 is 1.11 bits per heavy atom. The summed E-state index contributed by atoms with van der Waals surface area (Å²) in [5, 5.41) is 41.8. The number of anilines is 1. The maximum absolute atomic E-state index is 13.7. The van der Waals surface area contributed by atoms with E-state index in [0.717, 1.165) is 89.5 Å². The van der Waals surface area contributed by atoms with Gasteiger partial charge in [0.1, 0.15) is 23.1 Å². The van der Waals surface area contributed by atoms with E-state index >= 15 is 0 Å². The monoisotopic (exact) mass is 1390 g/mol. The van der Waals surface area contributed by atoms with E-state index in [1.807, 2.05) is 83.1 Å². The number of Topliss-reactive ketones (excluding diaryl/α,β-unsaturated/α-hetero) is 1. The van der Waals surface area contributed by atoms with Crippen LogP contribution in [0.1, 0.15) is 292 Å². The fourth-order valence-electron chi connectivity index (χ4n) is 9.37. The van der Waals surface area contributed by atoms with E-state index in [-0.39, 0.29) is 82.2 Å². The number of aliphatic hydroxyl groups excluding tert-OH is 2. The van der Waals surface area contributed by atoms with Crippen molar-refractivity contribution in [2.24, 2.45) is 53.1 Å². The quantitative estimate of drug-likeness (QED) is 0.0159. The fraction of sp³-hybridized carbons (Fsp3) is 0.701. The molecule has 0 fully saturated rings. The van der Waals surface area contributed by atoms with Crippen LogP contribution in [0.4, 0.5) is 15.9 Å². The maximum atomic E-state index is 13.7. The number of non-ortho nitro benzene ring substituents is 1. The highest BCUT2D eigenvalue weighted by molar-refractivity contribution is 6.30. The van der Waals surface area contributed by atoms with Gasteiger partial charge in [-0.3, -0.25) is 39.0 Å². The summed E-state index contributed by atoms with van der Waals surface area (Å²) < 4.78 is 19.2. The third-order valence-electron chi connectivity index (χ3n) is 18.7. The van der Waals surface area contributed by atoms with Gasteiger partial charge in [0.15, 0.2) is 11.6 Å². The van der Waals surface area contributed by atoms with Gasteiger partial charge >= 0.3 is 5.97 Å². The van der Waals surface area contributed by atoms with Gasteiger partial charge in [-0.05, 0) is 117 Å². The van der Waals surface area contributed by atoms with E-state index in [9.17, 15) is 38.5 Å². The van der Waals surface area contributed by atoms with Gasteiger partial charge in [0.05, 0.1) is 46.5 Å². The molecule has 20 heteroatoms. The Kier molecular flexibility index (Phi) is 56.2. The van der Waals surface area contributed by atoms with Gasteiger partial charge < -0.3 is 26.0 Å². The molecule has 0 saturated carbocycles. The molecule has 0 bridgehead atoms. The zero-order valence-corrected chi connectivity index (χ0v) is 65.3. The van der Waals surface area contributed by atoms with Crippen LogP contribution in [-0.4, -0.2) is 110 Å². The topological polar surface area (TPSA) is 269 Å². The molecular formula is C77H133ClFN7O11. The number of rotatable bonds is 30. The molecule has 2 aromatic carbocycles. The molecule has 2 heterocycles. The highest BCUT2D eigenvalue weighted by Gasteiger charge is 2.40. The minimum atomic E-state index is -0.544. The van der Waals surface area contributed by atoms with Crippen molar-refractivity contribution in [2.75, 3.05) is 19.5 Å². The number of hydrogen-bond acceptors (Lipinski definition) is 15. The first-order chi connectivity index (χ1) is 45.6. The number of esters is 1. The number of nitrogens with zero attached hydrogens (tertiary/aromatic N) is 5. The number of halogens is 2. The van der Waals surface area contributed by atoms with E-state index in [0.29, 0.717) is 70.4 Å². The number of nitro groups is 1. The molecule has 97 heavy (non-hydrogen) atoms. The summed E-state index contributed by atoms with van der Waals surface area (Å²) in [6, 6.07) is 16.0. The Bertz CT molecular complexity index is 2570. The van der Waals surface area contributed by atoms with Crippen molar-refractivity contribution in [3.8, 4) is 6.07 Å². The molecule has 14 atom stereocenters. The van der Waals surface area contributed by atoms with Gasteiger partial charge in [0.25, 0.3) is 17.5 Å². The number of ketones is 1. The molecule has 1 aliphatic heterocycles. The van der Waals surface area contributed by atoms with Crippen LogP contribution in [0.3, 0.4) is 0 Å². The molecular weight excluding hydrogens is 1250 g/mol. The minimum Gasteiger partial charge on any atom is -0.459 e. The van der Waals surface area contributed by atoms with Crippen LogP contribution in [0.15, 0.2) is 54.6 Å². The summed E-state index contributed by atoms with van der Waals surface area (Å²) >= 11 is 5.80. The summed E-state index contributed by atoms with van der Waals surface area (Å²) in [6.07, 6.45) is 13.8. The molecule has 5 N–H and O–H groups in total. The Balaban J connectivity index is -0.000000525. The maximum Gasteiger partial charge on any atom is 0.338 e. The second-order valence-electron chi connectivity index (χ2n) is 25.4. The fourth-order valence-corrected chi connectivity index (χ4v) is 9.55. The van der Waals surface area contributed by atoms with Gasteiger partial charge in [-0.1, -0.05) is 222 Å². The summed E-state index contributed by atoms with van der Waals surface area (Å²) in [4.78, 5) is 78.5. The lowest BCUT2D eigenvalue weighted by Gasteiger charge is -2.29. The van der Waals surface area contributed by atoms with Crippen molar-refractivity contribution in [1.29, 1.82) is 5.26 Å². The van der Waals surface area contributed by atoms with Gasteiger partial charge in [0.2, 0.25) is 5.91 Å². The van der Waals surface area contributed by atoms with Crippen LogP contribution >= 0.6 is 11.6 Å². The largest absolute Gasteiger partial charge is 0.459 e. The molecule has 18 nitrogen and oxygen atoms in total. The molecule has 3 unspecified atom stereocenters. The third-order valence-corrected chi connectivity index (χ3v) is 19.0. The van der Waals surface area contributed by atoms with Gasteiger partial charge in [-0.15, -0.1) is 0 Å². The SMILES string of the molecule is CCC(=O)[C@@H](C)CC.CCC(O)[C@@H](C)CC.CCC(O)[C@@H](C)CC.CCC(OC(=O)c1ccc([N+](=O)[O-])cc1)[C@@H](C)CC.CC[C@@H](N)[C@@H](C)CC.CC[C@H](C)C(=O)N(C)OC.CC[C@H](C)[C@@H](CC)Nc1nc(Cl)c(C#N)cc1F.CC[C@H]([C@@H](C)CC)N1C(=O)c2ccccc2C1=O. The molecule has 1 aliphatic rings.